The van der Waals surface area contributed by atoms with Crippen molar-refractivity contribution in [3.8, 4) is 5.69 Å². The van der Waals surface area contributed by atoms with Crippen molar-refractivity contribution in [3.63, 3.8) is 0 Å². The van der Waals surface area contributed by atoms with Crippen LogP contribution in [0.5, 0.6) is 0 Å². The second-order valence-corrected chi connectivity index (χ2v) is 7.55. The number of nitrogens with one attached hydrogen (secondary N) is 1. The molecule has 1 aliphatic heterocycles. The molecule has 1 N–H and O–H groups in total. The van der Waals surface area contributed by atoms with E-state index in [1.165, 1.54) is 5.56 Å². The van der Waals surface area contributed by atoms with Crippen molar-refractivity contribution in [1.29, 1.82) is 0 Å². The summed E-state index contributed by atoms with van der Waals surface area (Å²) < 4.78 is 7.11. The summed E-state index contributed by atoms with van der Waals surface area (Å²) >= 11 is 0. The lowest BCUT2D eigenvalue weighted by Crippen LogP contribution is -2.40. The second-order valence-electron chi connectivity index (χ2n) is 7.55. The summed E-state index contributed by atoms with van der Waals surface area (Å²) in [7, 11) is 0. The molecule has 1 fully saturated rings. The predicted octanol–water partition coefficient (Wildman–Crippen LogP) is 3.47. The Morgan fingerprint density at radius 3 is 2.55 bits per heavy atom. The van der Waals surface area contributed by atoms with Gasteiger partial charge in [-0.05, 0) is 43.7 Å². The molecule has 0 bridgehead atoms. The highest BCUT2D eigenvalue weighted by molar-refractivity contribution is 6.05. The Hall–Kier alpha value is -3.45. The number of nitrogens with zero attached hydrogens (tertiary/aromatic N) is 3. The summed E-state index contributed by atoms with van der Waals surface area (Å²) in [6.45, 7) is 6.28. The van der Waals surface area contributed by atoms with E-state index >= 15 is 0 Å². The largest absolute Gasteiger partial charge is 0.378 e. The van der Waals surface area contributed by atoms with Crippen molar-refractivity contribution >= 4 is 17.5 Å². The van der Waals surface area contributed by atoms with Crippen LogP contribution >= 0.6 is 0 Å². The van der Waals surface area contributed by atoms with E-state index in [4.69, 9.17) is 4.74 Å². The molecule has 3 aromatic rings. The van der Waals surface area contributed by atoms with Crippen molar-refractivity contribution in [2.75, 3.05) is 31.6 Å². The van der Waals surface area contributed by atoms with Gasteiger partial charge >= 0.3 is 0 Å². The van der Waals surface area contributed by atoms with Crippen LogP contribution in [-0.4, -0.2) is 52.8 Å². The van der Waals surface area contributed by atoms with E-state index < -0.39 is 0 Å². The van der Waals surface area contributed by atoms with Crippen molar-refractivity contribution in [2.45, 2.75) is 20.3 Å². The highest BCUT2D eigenvalue weighted by atomic mass is 16.5. The number of morpholine rings is 1. The van der Waals surface area contributed by atoms with Crippen LogP contribution < -0.4 is 5.32 Å². The monoisotopic (exact) mass is 418 g/mol. The minimum atomic E-state index is -0.244. The number of hydrogen-bond donors (Lipinski definition) is 1. The standard InChI is InChI=1S/C24H26N4O3/c1-3-22-21(16-25-28(22)20-9-7-17(2)8-10-20)23(29)26-19-6-4-5-18(15-19)24(30)27-11-13-31-14-12-27/h4-10,15-16H,3,11-14H2,1-2H3,(H,26,29). The predicted molar refractivity (Wildman–Crippen MR) is 119 cm³/mol. The SMILES string of the molecule is CCc1c(C(=O)Nc2cccc(C(=O)N3CCOCC3)c2)cnn1-c1ccc(C)cc1. The number of aromatic nitrogens is 2. The fourth-order valence-electron chi connectivity index (χ4n) is 3.69. The number of benzene rings is 2. The smallest absolute Gasteiger partial charge is 0.259 e. The Balaban J connectivity index is 1.53. The quantitative estimate of drug-likeness (QED) is 0.688. The average Bonchev–Trinajstić information content (AvgIpc) is 3.24. The van der Waals surface area contributed by atoms with Gasteiger partial charge in [0, 0.05) is 24.3 Å². The van der Waals surface area contributed by atoms with Crippen LogP contribution in [0.3, 0.4) is 0 Å². The molecule has 0 unspecified atom stereocenters. The van der Waals surface area contributed by atoms with Crippen LogP contribution in [0.15, 0.2) is 54.7 Å². The lowest BCUT2D eigenvalue weighted by molar-refractivity contribution is 0.0303. The highest BCUT2D eigenvalue weighted by Crippen LogP contribution is 2.19. The normalized spacial score (nSPS) is 13.8. The summed E-state index contributed by atoms with van der Waals surface area (Å²) in [5.74, 6) is -0.299. The minimum Gasteiger partial charge on any atom is -0.378 e. The van der Waals surface area contributed by atoms with Gasteiger partial charge in [-0.2, -0.15) is 5.10 Å². The molecule has 7 nitrogen and oxygen atoms in total. The molecule has 7 heteroatoms. The summed E-state index contributed by atoms with van der Waals surface area (Å²) in [5.41, 5.74) is 4.56. The zero-order valence-corrected chi connectivity index (χ0v) is 17.8. The average molecular weight is 418 g/mol. The maximum Gasteiger partial charge on any atom is 0.259 e. The molecule has 1 aromatic heterocycles. The maximum absolute atomic E-state index is 13.0. The van der Waals surface area contributed by atoms with Crippen LogP contribution in [0.4, 0.5) is 5.69 Å². The molecule has 2 amide bonds. The van der Waals surface area contributed by atoms with Gasteiger partial charge < -0.3 is 15.0 Å². The van der Waals surface area contributed by atoms with Gasteiger partial charge in [0.2, 0.25) is 0 Å². The molecule has 4 rings (SSSR count). The van der Waals surface area contributed by atoms with Gasteiger partial charge in [-0.25, -0.2) is 4.68 Å². The molecule has 0 aliphatic carbocycles. The van der Waals surface area contributed by atoms with Crippen LogP contribution in [0.25, 0.3) is 5.69 Å². The molecular weight excluding hydrogens is 392 g/mol. The van der Waals surface area contributed by atoms with Gasteiger partial charge in [0.15, 0.2) is 0 Å². The Morgan fingerprint density at radius 1 is 1.10 bits per heavy atom. The lowest BCUT2D eigenvalue weighted by atomic mass is 10.1. The number of hydrogen-bond acceptors (Lipinski definition) is 4. The van der Waals surface area contributed by atoms with E-state index in [0.29, 0.717) is 49.5 Å². The topological polar surface area (TPSA) is 76.5 Å². The molecule has 31 heavy (non-hydrogen) atoms. The van der Waals surface area contributed by atoms with Gasteiger partial charge in [0.05, 0.1) is 36.4 Å². The van der Waals surface area contributed by atoms with E-state index in [-0.39, 0.29) is 11.8 Å². The maximum atomic E-state index is 13.0. The fourth-order valence-corrected chi connectivity index (χ4v) is 3.69. The Labute approximate surface area is 181 Å². The third kappa shape index (κ3) is 4.51. The second kappa shape index (κ2) is 9.14. The minimum absolute atomic E-state index is 0.0548. The molecule has 1 aliphatic rings. The number of aryl methyl sites for hydroxylation is 1. The number of ether oxygens (including phenoxy) is 1. The Kier molecular flexibility index (Phi) is 6.13. The summed E-state index contributed by atoms with van der Waals surface area (Å²) in [6, 6.07) is 15.1. The number of amides is 2. The van der Waals surface area contributed by atoms with Crippen LogP contribution in [-0.2, 0) is 11.2 Å². The lowest BCUT2D eigenvalue weighted by Gasteiger charge is -2.27. The van der Waals surface area contributed by atoms with E-state index in [9.17, 15) is 9.59 Å². The van der Waals surface area contributed by atoms with Crippen molar-refractivity contribution in [2.24, 2.45) is 0 Å². The molecular formula is C24H26N4O3. The Bertz CT molecular complexity index is 1080. The third-order valence-electron chi connectivity index (χ3n) is 5.39. The zero-order chi connectivity index (χ0) is 21.8. The van der Waals surface area contributed by atoms with Crippen LogP contribution in [0.1, 0.15) is 38.9 Å². The molecule has 2 heterocycles. The fraction of sp³-hybridized carbons (Fsp3) is 0.292. The number of carbonyl (C=O) groups excluding carboxylic acids is 2. The first-order valence-electron chi connectivity index (χ1n) is 10.5. The van der Waals surface area contributed by atoms with Crippen molar-refractivity contribution < 1.29 is 14.3 Å². The first-order valence-corrected chi connectivity index (χ1v) is 10.5. The Morgan fingerprint density at radius 2 is 1.84 bits per heavy atom. The molecule has 2 aromatic carbocycles. The van der Waals surface area contributed by atoms with E-state index in [1.54, 1.807) is 40.0 Å². The third-order valence-corrected chi connectivity index (χ3v) is 5.39. The zero-order valence-electron chi connectivity index (χ0n) is 17.8. The van der Waals surface area contributed by atoms with Crippen molar-refractivity contribution in [3.05, 3.63) is 77.1 Å². The van der Waals surface area contributed by atoms with Crippen LogP contribution in [0.2, 0.25) is 0 Å². The van der Waals surface area contributed by atoms with Gasteiger partial charge in [0.25, 0.3) is 11.8 Å². The van der Waals surface area contributed by atoms with Gasteiger partial charge in [-0.1, -0.05) is 30.7 Å². The van der Waals surface area contributed by atoms with Crippen molar-refractivity contribution in [1.82, 2.24) is 14.7 Å². The van der Waals surface area contributed by atoms with Crippen LogP contribution in [0, 0.1) is 6.92 Å². The molecule has 1 saturated heterocycles. The van der Waals surface area contributed by atoms with Gasteiger partial charge in [-0.3, -0.25) is 9.59 Å². The summed E-state index contributed by atoms with van der Waals surface area (Å²) in [4.78, 5) is 27.5. The molecule has 0 atom stereocenters. The highest BCUT2D eigenvalue weighted by Gasteiger charge is 2.20. The molecule has 0 spiro atoms. The van der Waals surface area contributed by atoms with E-state index in [1.807, 2.05) is 38.1 Å². The summed E-state index contributed by atoms with van der Waals surface area (Å²) in [5, 5.41) is 7.36. The van der Waals surface area contributed by atoms with E-state index in [2.05, 4.69) is 10.4 Å². The van der Waals surface area contributed by atoms with Gasteiger partial charge in [-0.15, -0.1) is 0 Å². The molecule has 0 saturated carbocycles. The summed E-state index contributed by atoms with van der Waals surface area (Å²) in [6.07, 6.45) is 2.25. The molecule has 0 radical (unpaired) electrons. The number of rotatable bonds is 5. The number of carbonyl (C=O) groups is 2. The number of anilines is 1. The van der Waals surface area contributed by atoms with E-state index in [0.717, 1.165) is 11.4 Å². The van der Waals surface area contributed by atoms with Gasteiger partial charge in [0.1, 0.15) is 0 Å². The first kappa shape index (κ1) is 20.8. The first-order chi connectivity index (χ1) is 15.1. The molecule has 160 valence electrons.